The number of amides is 1. The van der Waals surface area contributed by atoms with Crippen molar-refractivity contribution in [1.29, 1.82) is 0 Å². The standard InChI is InChI=1S/C17H11F3N2O2S/c18-17(19,20)11-6-2-3-7-12(11)21-16(25)22-15(23)14-9-10-5-1-4-8-13(10)24-14/h1-9H,(H2,21,22,23,25). The average molecular weight is 364 g/mol. The van der Waals surface area contributed by atoms with Gasteiger partial charge >= 0.3 is 6.18 Å². The molecule has 2 aromatic carbocycles. The second-order valence-corrected chi connectivity index (χ2v) is 5.51. The summed E-state index contributed by atoms with van der Waals surface area (Å²) in [4.78, 5) is 12.1. The van der Waals surface area contributed by atoms with E-state index < -0.39 is 17.6 Å². The minimum absolute atomic E-state index is 0.00876. The molecule has 0 aliphatic rings. The van der Waals surface area contributed by atoms with E-state index in [9.17, 15) is 18.0 Å². The van der Waals surface area contributed by atoms with E-state index in [0.29, 0.717) is 5.58 Å². The van der Waals surface area contributed by atoms with Crippen LogP contribution < -0.4 is 10.6 Å². The highest BCUT2D eigenvalue weighted by atomic mass is 32.1. The van der Waals surface area contributed by atoms with Gasteiger partial charge in [0, 0.05) is 5.39 Å². The molecule has 0 unspecified atom stereocenters. The van der Waals surface area contributed by atoms with Gasteiger partial charge in [-0.15, -0.1) is 0 Å². The number of alkyl halides is 3. The molecule has 1 heterocycles. The lowest BCUT2D eigenvalue weighted by Crippen LogP contribution is -2.34. The highest BCUT2D eigenvalue weighted by Crippen LogP contribution is 2.34. The Bertz CT molecular complexity index is 917. The fraction of sp³-hybridized carbons (Fsp3) is 0.0588. The monoisotopic (exact) mass is 364 g/mol. The van der Waals surface area contributed by atoms with Crippen molar-refractivity contribution in [2.75, 3.05) is 5.32 Å². The minimum Gasteiger partial charge on any atom is -0.451 e. The first-order chi connectivity index (χ1) is 11.8. The molecule has 0 fully saturated rings. The van der Waals surface area contributed by atoms with Crippen LogP contribution in [0.5, 0.6) is 0 Å². The molecule has 0 bridgehead atoms. The third-order valence-electron chi connectivity index (χ3n) is 3.36. The van der Waals surface area contributed by atoms with Crippen LogP contribution in [0, 0.1) is 0 Å². The molecular weight excluding hydrogens is 353 g/mol. The quantitative estimate of drug-likeness (QED) is 0.654. The van der Waals surface area contributed by atoms with Crippen molar-refractivity contribution >= 4 is 39.9 Å². The van der Waals surface area contributed by atoms with Gasteiger partial charge in [-0.05, 0) is 36.5 Å². The number of hydrogen-bond acceptors (Lipinski definition) is 3. The predicted molar refractivity (Wildman–Crippen MR) is 91.3 cm³/mol. The maximum absolute atomic E-state index is 13.0. The van der Waals surface area contributed by atoms with Crippen LogP contribution in [0.2, 0.25) is 0 Å². The number of para-hydroxylation sites is 2. The van der Waals surface area contributed by atoms with Gasteiger partial charge in [0.15, 0.2) is 10.9 Å². The van der Waals surface area contributed by atoms with Gasteiger partial charge in [0.1, 0.15) is 5.58 Å². The van der Waals surface area contributed by atoms with Crippen LogP contribution >= 0.6 is 12.2 Å². The van der Waals surface area contributed by atoms with E-state index in [1.54, 1.807) is 24.3 Å². The number of benzene rings is 2. The number of hydrogen-bond donors (Lipinski definition) is 2. The van der Waals surface area contributed by atoms with Crippen LogP contribution in [0.3, 0.4) is 0 Å². The molecule has 3 aromatic rings. The zero-order valence-electron chi connectivity index (χ0n) is 12.6. The van der Waals surface area contributed by atoms with Gasteiger partial charge in [0.2, 0.25) is 0 Å². The van der Waals surface area contributed by atoms with Crippen molar-refractivity contribution in [3.05, 3.63) is 65.9 Å². The highest BCUT2D eigenvalue weighted by Gasteiger charge is 2.33. The number of thiocarbonyl (C=S) groups is 1. The summed E-state index contributed by atoms with van der Waals surface area (Å²) in [6, 6.07) is 13.4. The van der Waals surface area contributed by atoms with Crippen molar-refractivity contribution in [3.63, 3.8) is 0 Å². The predicted octanol–water partition coefficient (Wildman–Crippen LogP) is 4.58. The van der Waals surface area contributed by atoms with Crippen LogP contribution in [0.25, 0.3) is 11.0 Å². The lowest BCUT2D eigenvalue weighted by Gasteiger charge is -2.14. The van der Waals surface area contributed by atoms with Crippen LogP contribution in [0.15, 0.2) is 59.0 Å². The van der Waals surface area contributed by atoms with Crippen LogP contribution in [-0.4, -0.2) is 11.0 Å². The molecule has 0 spiro atoms. The Morgan fingerprint density at radius 2 is 1.72 bits per heavy atom. The zero-order chi connectivity index (χ0) is 18.0. The number of anilines is 1. The molecule has 0 saturated heterocycles. The number of furan rings is 1. The lowest BCUT2D eigenvalue weighted by atomic mass is 10.1. The summed E-state index contributed by atoms with van der Waals surface area (Å²) >= 11 is 4.92. The van der Waals surface area contributed by atoms with E-state index in [1.807, 2.05) is 0 Å². The summed E-state index contributed by atoms with van der Waals surface area (Å²) in [5, 5.41) is 5.16. The number of fused-ring (bicyclic) bond motifs is 1. The number of halogens is 3. The number of rotatable bonds is 2. The van der Waals surface area contributed by atoms with Crippen molar-refractivity contribution in [2.24, 2.45) is 0 Å². The molecule has 3 rings (SSSR count). The largest absolute Gasteiger partial charge is 0.451 e. The van der Waals surface area contributed by atoms with E-state index >= 15 is 0 Å². The van der Waals surface area contributed by atoms with Crippen LogP contribution in [0.4, 0.5) is 18.9 Å². The molecule has 1 aromatic heterocycles. The SMILES string of the molecule is O=C(NC(=S)Nc1ccccc1C(F)(F)F)c1cc2ccccc2o1. The van der Waals surface area contributed by atoms with Gasteiger partial charge in [0.25, 0.3) is 5.91 Å². The third kappa shape index (κ3) is 3.80. The summed E-state index contributed by atoms with van der Waals surface area (Å²) in [7, 11) is 0. The van der Waals surface area contributed by atoms with E-state index in [2.05, 4.69) is 10.6 Å². The second kappa shape index (κ2) is 6.56. The zero-order valence-corrected chi connectivity index (χ0v) is 13.4. The van der Waals surface area contributed by atoms with Gasteiger partial charge in [-0.3, -0.25) is 10.1 Å². The summed E-state index contributed by atoms with van der Waals surface area (Å²) < 4.78 is 44.3. The molecule has 0 saturated carbocycles. The van der Waals surface area contributed by atoms with E-state index in [0.717, 1.165) is 11.5 Å². The summed E-state index contributed by atoms with van der Waals surface area (Å²) in [6.45, 7) is 0. The Kier molecular flexibility index (Phi) is 4.45. The lowest BCUT2D eigenvalue weighted by molar-refractivity contribution is -0.136. The molecule has 8 heteroatoms. The Morgan fingerprint density at radius 3 is 2.44 bits per heavy atom. The van der Waals surface area contributed by atoms with Crippen LogP contribution in [-0.2, 0) is 6.18 Å². The first-order valence-corrected chi connectivity index (χ1v) is 7.52. The van der Waals surface area contributed by atoms with Gasteiger partial charge in [-0.1, -0.05) is 30.3 Å². The van der Waals surface area contributed by atoms with Crippen LogP contribution in [0.1, 0.15) is 16.1 Å². The Balaban J connectivity index is 1.74. The molecular formula is C17H11F3N2O2S. The van der Waals surface area contributed by atoms with Crippen molar-refractivity contribution in [3.8, 4) is 0 Å². The second-order valence-electron chi connectivity index (χ2n) is 5.10. The summed E-state index contributed by atoms with van der Waals surface area (Å²) in [5.41, 5.74) is -0.603. The Labute approximate surface area is 145 Å². The Morgan fingerprint density at radius 1 is 1.04 bits per heavy atom. The van der Waals surface area contributed by atoms with Gasteiger partial charge in [-0.25, -0.2) is 0 Å². The van der Waals surface area contributed by atoms with Gasteiger partial charge in [0.05, 0.1) is 11.3 Å². The molecule has 0 aliphatic carbocycles. The summed E-state index contributed by atoms with van der Waals surface area (Å²) in [5.74, 6) is -0.646. The van der Waals surface area contributed by atoms with Gasteiger partial charge in [-0.2, -0.15) is 13.2 Å². The number of carbonyl (C=O) groups excluding carboxylic acids is 1. The number of nitrogens with one attached hydrogen (secondary N) is 2. The maximum Gasteiger partial charge on any atom is 0.418 e. The van der Waals surface area contributed by atoms with E-state index in [4.69, 9.17) is 16.6 Å². The number of carbonyl (C=O) groups is 1. The molecule has 4 nitrogen and oxygen atoms in total. The minimum atomic E-state index is -4.54. The van der Waals surface area contributed by atoms with E-state index in [1.165, 1.54) is 24.3 Å². The smallest absolute Gasteiger partial charge is 0.418 e. The Hall–Kier alpha value is -2.87. The first-order valence-electron chi connectivity index (χ1n) is 7.12. The van der Waals surface area contributed by atoms with E-state index in [-0.39, 0.29) is 16.6 Å². The first kappa shape index (κ1) is 17.0. The van der Waals surface area contributed by atoms with Crippen molar-refractivity contribution < 1.29 is 22.4 Å². The topological polar surface area (TPSA) is 54.3 Å². The molecule has 0 radical (unpaired) electrons. The maximum atomic E-state index is 13.0. The highest BCUT2D eigenvalue weighted by molar-refractivity contribution is 7.80. The third-order valence-corrected chi connectivity index (χ3v) is 3.56. The summed E-state index contributed by atoms with van der Waals surface area (Å²) in [6.07, 6.45) is -4.54. The van der Waals surface area contributed by atoms with Gasteiger partial charge < -0.3 is 9.73 Å². The fourth-order valence-electron chi connectivity index (χ4n) is 2.25. The normalized spacial score (nSPS) is 11.3. The average Bonchev–Trinajstić information content (AvgIpc) is 2.98. The van der Waals surface area contributed by atoms with Crippen molar-refractivity contribution in [1.82, 2.24) is 5.32 Å². The molecule has 0 aliphatic heterocycles. The molecule has 0 atom stereocenters. The van der Waals surface area contributed by atoms with Crippen molar-refractivity contribution in [2.45, 2.75) is 6.18 Å². The molecule has 1 amide bonds. The molecule has 25 heavy (non-hydrogen) atoms. The molecule has 128 valence electrons. The molecule has 2 N–H and O–H groups in total. The fourth-order valence-corrected chi connectivity index (χ4v) is 2.45.